The summed E-state index contributed by atoms with van der Waals surface area (Å²) in [5.74, 6) is -2.15. The van der Waals surface area contributed by atoms with Crippen molar-refractivity contribution in [2.75, 3.05) is 110 Å². The van der Waals surface area contributed by atoms with Gasteiger partial charge in [-0.1, -0.05) is 40.5 Å². The number of rotatable bonds is 39. The monoisotopic (exact) mass is 1150 g/mol. The molecule has 2 fully saturated rings. The molecule has 5 amide bonds. The first-order chi connectivity index (χ1) is 36.8. The Balaban J connectivity index is 1.89. The van der Waals surface area contributed by atoms with Crippen LogP contribution in [-0.4, -0.2) is 214 Å². The maximum Gasteiger partial charge on any atom is 0.533 e. The number of aliphatic hydroxyl groups is 4. The predicted molar refractivity (Wildman–Crippen MR) is 280 cm³/mol. The average molecular weight is 1150 g/mol. The fraction of sp³-hybridized carbons (Fsp3) is 0.820. The fourth-order valence-corrected chi connectivity index (χ4v) is 10.1. The van der Waals surface area contributed by atoms with Gasteiger partial charge < -0.3 is 79.1 Å². The van der Waals surface area contributed by atoms with E-state index in [-0.39, 0.29) is 111 Å². The van der Waals surface area contributed by atoms with Crippen molar-refractivity contribution in [3.05, 3.63) is 11.4 Å². The third-order valence-electron chi connectivity index (χ3n) is 13.7. The Morgan fingerprint density at radius 1 is 0.756 bits per heavy atom. The second-order valence-corrected chi connectivity index (χ2v) is 23.1. The number of imide groups is 1. The molecule has 0 aromatic carbocycles. The SMILES string of the molecule is [C-]#[N+]C(C)(CCC(=O)OCCOCCOCCOCCSSCCOC(=O)ON1C(=O)CCC1=O)CC(C)(C(=O)NCCOCCO[C@@H]1O[C@H](CO)C(O)[C@H](O)[C@H]1NC(C)=O)C(C)(C)CC(C)(C(=O)NCCO)C(C)(C)C#N. The van der Waals surface area contributed by atoms with E-state index in [1.807, 2.05) is 0 Å². The molecule has 0 bridgehead atoms. The molecular weight excluding hydrogens is 1070 g/mol. The molecule has 2 aliphatic rings. The fourth-order valence-electron chi connectivity index (χ4n) is 8.42. The Morgan fingerprint density at radius 2 is 1.31 bits per heavy atom. The van der Waals surface area contributed by atoms with Gasteiger partial charge in [0, 0.05) is 64.1 Å². The molecule has 26 nitrogen and oxygen atoms in total. The van der Waals surface area contributed by atoms with Crippen molar-refractivity contribution < 1.29 is 96.7 Å². The summed E-state index contributed by atoms with van der Waals surface area (Å²) < 4.78 is 43.8. The number of amides is 5. The van der Waals surface area contributed by atoms with Crippen molar-refractivity contribution in [1.82, 2.24) is 21.0 Å². The summed E-state index contributed by atoms with van der Waals surface area (Å²) in [6, 6.07) is 1.10. The van der Waals surface area contributed by atoms with Gasteiger partial charge in [-0.15, -0.1) is 0 Å². The molecule has 28 heteroatoms. The molecule has 0 aliphatic carbocycles. The molecule has 2 saturated heterocycles. The Bertz CT molecular complexity index is 2010. The minimum atomic E-state index is -1.49. The minimum Gasteiger partial charge on any atom is -0.463 e. The van der Waals surface area contributed by atoms with Crippen molar-refractivity contribution in [2.24, 2.45) is 21.7 Å². The average Bonchev–Trinajstić information content (AvgIpc) is 3.71. The Kier molecular flexibility index (Phi) is 31.0. The largest absolute Gasteiger partial charge is 0.533 e. The molecule has 2 rings (SSSR count). The molecular formula is C50H82N6O20S2. The van der Waals surface area contributed by atoms with Gasteiger partial charge in [0.15, 0.2) is 6.29 Å². The maximum atomic E-state index is 14.6. The molecule has 444 valence electrons. The second-order valence-electron chi connectivity index (χ2n) is 20.4. The zero-order chi connectivity index (χ0) is 58.6. The van der Waals surface area contributed by atoms with E-state index in [1.54, 1.807) is 48.5 Å². The number of carbonyl (C=O) groups is 7. The second kappa shape index (κ2) is 34.7. The summed E-state index contributed by atoms with van der Waals surface area (Å²) in [5, 5.41) is 58.7. The summed E-state index contributed by atoms with van der Waals surface area (Å²) in [6.45, 7) is 21.8. The van der Waals surface area contributed by atoms with Crippen LogP contribution in [0.2, 0.25) is 0 Å². The lowest BCUT2D eigenvalue weighted by Gasteiger charge is -2.50. The number of hydrogen-bond acceptors (Lipinski definition) is 23. The van der Waals surface area contributed by atoms with Crippen molar-refractivity contribution in [3.63, 3.8) is 0 Å². The van der Waals surface area contributed by atoms with Crippen LogP contribution in [0.4, 0.5) is 4.79 Å². The van der Waals surface area contributed by atoms with Crippen molar-refractivity contribution in [1.29, 1.82) is 5.26 Å². The number of hydrogen-bond donors (Lipinski definition) is 7. The van der Waals surface area contributed by atoms with Gasteiger partial charge in [-0.2, -0.15) is 5.26 Å². The van der Waals surface area contributed by atoms with Crippen LogP contribution < -0.4 is 16.0 Å². The number of hydroxylamine groups is 2. The minimum absolute atomic E-state index is 0.00460. The van der Waals surface area contributed by atoms with Crippen LogP contribution in [-0.2, 0) is 71.5 Å². The number of carbonyl (C=O) groups excluding carboxylic acids is 7. The van der Waals surface area contributed by atoms with Crippen LogP contribution in [0, 0.1) is 39.6 Å². The number of aliphatic hydroxyl groups excluding tert-OH is 4. The third kappa shape index (κ3) is 22.2. The number of ether oxygens (including phenoxy) is 8. The molecule has 2 heterocycles. The lowest BCUT2D eigenvalue weighted by molar-refractivity contribution is -0.272. The summed E-state index contributed by atoms with van der Waals surface area (Å²) in [5.41, 5.74) is -6.55. The van der Waals surface area contributed by atoms with E-state index in [0.717, 1.165) is 0 Å². The van der Waals surface area contributed by atoms with Crippen molar-refractivity contribution in [2.45, 2.75) is 130 Å². The van der Waals surface area contributed by atoms with Crippen molar-refractivity contribution in [3.8, 4) is 6.07 Å². The van der Waals surface area contributed by atoms with E-state index in [4.69, 9.17) is 44.5 Å². The molecule has 8 atom stereocenters. The van der Waals surface area contributed by atoms with E-state index < -0.39 is 106 Å². The van der Waals surface area contributed by atoms with Gasteiger partial charge in [-0.25, -0.2) is 11.4 Å². The molecule has 0 saturated carbocycles. The quantitative estimate of drug-likeness (QED) is 0.0149. The van der Waals surface area contributed by atoms with E-state index in [0.29, 0.717) is 36.4 Å². The lowest BCUT2D eigenvalue weighted by Crippen LogP contribution is -2.64. The number of nitriles is 1. The van der Waals surface area contributed by atoms with Gasteiger partial charge in [0.2, 0.25) is 23.3 Å². The normalized spacial score (nSPS) is 21.0. The molecule has 2 aliphatic heterocycles. The zero-order valence-electron chi connectivity index (χ0n) is 46.1. The highest BCUT2D eigenvalue weighted by Crippen LogP contribution is 2.56. The number of nitrogens with one attached hydrogen (secondary N) is 3. The number of esters is 1. The molecule has 7 N–H and O–H groups in total. The molecule has 0 spiro atoms. The summed E-state index contributed by atoms with van der Waals surface area (Å²) >= 11 is 0. The zero-order valence-corrected chi connectivity index (χ0v) is 47.8. The van der Waals surface area contributed by atoms with E-state index >= 15 is 0 Å². The Hall–Kier alpha value is -4.43. The van der Waals surface area contributed by atoms with Gasteiger partial charge >= 0.3 is 12.1 Å². The first-order valence-corrected chi connectivity index (χ1v) is 28.2. The van der Waals surface area contributed by atoms with Crippen molar-refractivity contribution >= 4 is 63.2 Å². The van der Waals surface area contributed by atoms with Crippen LogP contribution in [0.3, 0.4) is 0 Å². The van der Waals surface area contributed by atoms with Gasteiger partial charge in [0.25, 0.3) is 11.8 Å². The summed E-state index contributed by atoms with van der Waals surface area (Å²) in [7, 11) is 2.95. The predicted octanol–water partition coefficient (Wildman–Crippen LogP) is 1.21. The first-order valence-electron chi connectivity index (χ1n) is 25.7. The summed E-state index contributed by atoms with van der Waals surface area (Å²) in [6.07, 6.45) is -6.76. The van der Waals surface area contributed by atoms with Gasteiger partial charge in [-0.05, 0) is 39.5 Å². The van der Waals surface area contributed by atoms with Gasteiger partial charge in [0.05, 0.1) is 101 Å². The van der Waals surface area contributed by atoms with Crippen LogP contribution in [0.5, 0.6) is 0 Å². The standard InChI is InChI=1S/C50H82N6O20S2/c1-34(59)55-39-41(64)40(63)35(30-58)75-42(39)73-25-23-68-17-15-54-44(66)50(8,46(2,3)31-49(7,47(4,5)33-51)43(65)53-14-16-57)32-48(6,52-9)13-12-38(62)72-24-22-70-19-18-69-20-21-71-26-28-77-78-29-27-74-45(67)76-56-36(60)10-11-37(56)61/h35,39-42,57-58,63-64H,10-32H2,1-8H3,(H,53,65)(H,54,66)(H,55,59)/t35-,39-,40?,41-,42-,48?,49?,50?/m1/s1. The maximum absolute atomic E-state index is 14.6. The van der Waals surface area contributed by atoms with Gasteiger partial charge in [0.1, 0.15) is 37.6 Å². The third-order valence-corrected chi connectivity index (χ3v) is 16.0. The van der Waals surface area contributed by atoms with Crippen LogP contribution >= 0.6 is 21.6 Å². The lowest BCUT2D eigenvalue weighted by atomic mass is 9.52. The van der Waals surface area contributed by atoms with Crippen LogP contribution in [0.1, 0.15) is 93.9 Å². The van der Waals surface area contributed by atoms with Crippen LogP contribution in [0.25, 0.3) is 4.85 Å². The molecule has 78 heavy (non-hydrogen) atoms. The van der Waals surface area contributed by atoms with E-state index in [1.165, 1.54) is 28.5 Å². The topological polar surface area (TPSA) is 351 Å². The molecule has 0 aromatic rings. The first kappa shape index (κ1) is 69.7. The smallest absolute Gasteiger partial charge is 0.463 e. The Morgan fingerprint density at radius 3 is 1.88 bits per heavy atom. The van der Waals surface area contributed by atoms with E-state index in [9.17, 15) is 59.2 Å². The van der Waals surface area contributed by atoms with Gasteiger partial charge in [-0.3, -0.25) is 33.6 Å². The Labute approximate surface area is 464 Å². The number of nitrogens with zero attached hydrogens (tertiary/aromatic N) is 3. The highest BCUT2D eigenvalue weighted by molar-refractivity contribution is 8.76. The van der Waals surface area contributed by atoms with Crippen LogP contribution in [0.15, 0.2) is 0 Å². The summed E-state index contributed by atoms with van der Waals surface area (Å²) in [4.78, 5) is 96.4. The molecule has 0 aromatic heterocycles. The molecule has 0 radical (unpaired) electrons. The van der Waals surface area contributed by atoms with E-state index in [2.05, 4.69) is 31.7 Å². The molecule has 4 unspecified atom stereocenters. The highest BCUT2D eigenvalue weighted by atomic mass is 33.1. The highest BCUT2D eigenvalue weighted by Gasteiger charge is 2.59.